The number of benzene rings is 1. The van der Waals surface area contributed by atoms with E-state index in [-0.39, 0.29) is 41.0 Å². The maximum absolute atomic E-state index is 13.1. The minimum Gasteiger partial charge on any atom is -0.487 e. The van der Waals surface area contributed by atoms with Gasteiger partial charge in [-0.25, -0.2) is 9.79 Å². The second-order valence-corrected chi connectivity index (χ2v) is 12.5. The van der Waals surface area contributed by atoms with Crippen LogP contribution in [0.3, 0.4) is 0 Å². The number of Topliss-reactive ketones (excluding diaryl/α,β-unsaturated/α-hetero) is 1. The number of aliphatic imine (C=N–C) groups is 2. The third-order valence-electron chi connectivity index (χ3n) is 6.89. The van der Waals surface area contributed by atoms with E-state index in [2.05, 4.69) is 57.8 Å². The molecule has 1 spiro atoms. The number of allylic oxidation sites excluding steroid dienone is 1. The first-order valence-corrected chi connectivity index (χ1v) is 15.8. The molecule has 224 valence electrons. The Morgan fingerprint density at radius 2 is 1.67 bits per heavy atom. The van der Waals surface area contributed by atoms with Gasteiger partial charge in [0.25, 0.3) is 0 Å². The van der Waals surface area contributed by atoms with Gasteiger partial charge in [-0.2, -0.15) is 0 Å². The lowest BCUT2D eigenvalue weighted by Gasteiger charge is -2.28. The van der Waals surface area contributed by atoms with E-state index in [0.29, 0.717) is 40.0 Å². The Kier molecular flexibility index (Phi) is 9.98. The second kappa shape index (κ2) is 13.5. The number of carboxylic acid groups (broad SMARTS) is 1. The molecule has 0 saturated carbocycles. The van der Waals surface area contributed by atoms with E-state index in [9.17, 15) is 19.5 Å². The molecule has 14 heteroatoms. The van der Waals surface area contributed by atoms with Crippen LogP contribution in [0.2, 0.25) is 0 Å². The standard InChI is InChI=1S/C28H27Br3N2O9/c29-16-9-15(40-14-19(27(36)37)32-22-5-1-3-7-38-22)10-17(30)26(16)41-20-13-28(12-18(31)25(20)35)21(11-24(34)42-28)33-23-6-2-4-8-39-23/h9-10,12-13,22-23H,1-8,11,14H2,(H,36,37)/b32-19-,33-21+. The van der Waals surface area contributed by atoms with Crippen molar-refractivity contribution in [3.05, 3.63) is 43.5 Å². The number of aliphatic carboxylic acids is 1. The number of carbonyl (C=O) groups is 3. The van der Waals surface area contributed by atoms with Crippen LogP contribution in [0.5, 0.6) is 11.5 Å². The van der Waals surface area contributed by atoms with Crippen LogP contribution >= 0.6 is 47.8 Å². The number of esters is 1. The van der Waals surface area contributed by atoms with Gasteiger partial charge in [-0.15, -0.1) is 0 Å². The second-order valence-electron chi connectivity index (χ2n) is 9.98. The van der Waals surface area contributed by atoms with Crippen molar-refractivity contribution in [3.8, 4) is 11.5 Å². The van der Waals surface area contributed by atoms with Gasteiger partial charge in [0.2, 0.25) is 5.78 Å². The van der Waals surface area contributed by atoms with E-state index in [1.165, 1.54) is 12.2 Å². The zero-order valence-corrected chi connectivity index (χ0v) is 27.0. The Balaban J connectivity index is 1.36. The molecule has 1 aromatic rings. The maximum atomic E-state index is 13.1. The molecule has 11 nitrogen and oxygen atoms in total. The van der Waals surface area contributed by atoms with E-state index in [4.69, 9.17) is 23.7 Å². The number of carboxylic acids is 1. The fourth-order valence-electron chi connectivity index (χ4n) is 4.81. The van der Waals surface area contributed by atoms with Gasteiger partial charge < -0.3 is 28.8 Å². The molecule has 0 radical (unpaired) electrons. The van der Waals surface area contributed by atoms with Crippen LogP contribution in [0.15, 0.2) is 53.5 Å². The van der Waals surface area contributed by atoms with Crippen molar-refractivity contribution >= 4 is 76.9 Å². The smallest absolute Gasteiger partial charge is 0.353 e. The first-order chi connectivity index (χ1) is 20.1. The molecule has 0 bridgehead atoms. The molecule has 42 heavy (non-hydrogen) atoms. The van der Waals surface area contributed by atoms with Gasteiger partial charge in [0.1, 0.15) is 24.8 Å². The summed E-state index contributed by atoms with van der Waals surface area (Å²) in [5, 5.41) is 9.58. The molecular formula is C28H27Br3N2O9. The predicted molar refractivity (Wildman–Crippen MR) is 161 cm³/mol. The zero-order valence-electron chi connectivity index (χ0n) is 22.3. The number of halogens is 3. The van der Waals surface area contributed by atoms with E-state index in [0.717, 1.165) is 32.1 Å². The third kappa shape index (κ3) is 7.21. The van der Waals surface area contributed by atoms with Crippen LogP contribution in [0.1, 0.15) is 44.9 Å². The summed E-state index contributed by atoms with van der Waals surface area (Å²) < 4.78 is 29.7. The van der Waals surface area contributed by atoms with Gasteiger partial charge in [-0.1, -0.05) is 0 Å². The number of hydrogen-bond donors (Lipinski definition) is 1. The van der Waals surface area contributed by atoms with Crippen molar-refractivity contribution in [2.75, 3.05) is 19.8 Å². The van der Waals surface area contributed by atoms with Gasteiger partial charge in [-0.05, 0) is 105 Å². The molecule has 0 aromatic heterocycles. The largest absolute Gasteiger partial charge is 0.487 e. The molecule has 3 unspecified atom stereocenters. The zero-order chi connectivity index (χ0) is 29.9. The van der Waals surface area contributed by atoms with Crippen LogP contribution in [0.25, 0.3) is 0 Å². The Hall–Kier alpha value is -2.39. The first kappa shape index (κ1) is 31.0. The van der Waals surface area contributed by atoms with Crippen LogP contribution in [-0.2, 0) is 28.6 Å². The van der Waals surface area contributed by atoms with Crippen LogP contribution < -0.4 is 9.47 Å². The maximum Gasteiger partial charge on any atom is 0.353 e. The monoisotopic (exact) mass is 772 g/mol. The molecule has 3 heterocycles. The quantitative estimate of drug-likeness (QED) is 0.271. The Labute approximate surface area is 266 Å². The van der Waals surface area contributed by atoms with Gasteiger partial charge >= 0.3 is 11.9 Å². The summed E-state index contributed by atoms with van der Waals surface area (Å²) in [4.78, 5) is 46.1. The molecule has 0 amide bonds. The normalized spacial score (nSPS) is 27.5. The SMILES string of the molecule is O=C1C/C(=N\C2CCCCO2)C2(C=C(Br)C(=O)C(Oc3c(Br)cc(OC/C(=N/C4CCCCO4)C(=O)O)cc3Br)=C2)O1. The molecule has 3 fully saturated rings. The lowest BCUT2D eigenvalue weighted by molar-refractivity contribution is -0.143. The summed E-state index contributed by atoms with van der Waals surface area (Å²) in [5.41, 5.74) is -1.12. The fraction of sp³-hybridized carbons (Fsp3) is 0.464. The number of hydrogen-bond acceptors (Lipinski definition) is 10. The van der Waals surface area contributed by atoms with Gasteiger partial charge in [0.15, 0.2) is 22.8 Å². The molecule has 3 atom stereocenters. The van der Waals surface area contributed by atoms with E-state index in [1.807, 2.05) is 0 Å². The molecular weight excluding hydrogens is 748 g/mol. The number of ketones is 1. The number of ether oxygens (including phenoxy) is 5. The third-order valence-corrected chi connectivity index (χ3v) is 8.66. The topological polar surface area (TPSA) is 142 Å². The average Bonchev–Trinajstić information content (AvgIpc) is 3.25. The van der Waals surface area contributed by atoms with Crippen molar-refractivity contribution in [1.29, 1.82) is 0 Å². The molecule has 3 saturated heterocycles. The highest BCUT2D eigenvalue weighted by Crippen LogP contribution is 2.42. The summed E-state index contributed by atoms with van der Waals surface area (Å²) in [6.07, 6.45) is 7.17. The Morgan fingerprint density at radius 3 is 2.29 bits per heavy atom. The number of nitrogens with zero attached hydrogens (tertiary/aromatic N) is 2. The molecule has 1 N–H and O–H groups in total. The highest BCUT2D eigenvalue weighted by atomic mass is 79.9. The van der Waals surface area contributed by atoms with Crippen molar-refractivity contribution in [2.45, 2.75) is 63.0 Å². The first-order valence-electron chi connectivity index (χ1n) is 13.4. The number of rotatable bonds is 8. The van der Waals surface area contributed by atoms with Crippen molar-refractivity contribution in [3.63, 3.8) is 0 Å². The van der Waals surface area contributed by atoms with E-state index < -0.39 is 29.6 Å². The summed E-state index contributed by atoms with van der Waals surface area (Å²) in [5.74, 6) is -1.63. The van der Waals surface area contributed by atoms with Crippen molar-refractivity contribution in [2.24, 2.45) is 9.98 Å². The minimum absolute atomic E-state index is 0.0391. The summed E-state index contributed by atoms with van der Waals surface area (Å²) in [6.45, 7) is 0.851. The van der Waals surface area contributed by atoms with Gasteiger partial charge in [0, 0.05) is 19.3 Å². The lowest BCUT2D eigenvalue weighted by Crippen LogP contribution is -2.38. The lowest BCUT2D eigenvalue weighted by atomic mass is 9.91. The Bertz CT molecular complexity index is 1370. The average molecular weight is 775 g/mol. The number of carbonyl (C=O) groups excluding carboxylic acids is 2. The minimum atomic E-state index is -1.39. The highest BCUT2D eigenvalue weighted by Gasteiger charge is 2.48. The highest BCUT2D eigenvalue weighted by molar-refractivity contribution is 9.12. The fourth-order valence-corrected chi connectivity index (χ4v) is 6.65. The van der Waals surface area contributed by atoms with Gasteiger partial charge in [-0.3, -0.25) is 14.6 Å². The summed E-state index contributed by atoms with van der Waals surface area (Å²) in [6, 6.07) is 3.15. The molecule has 5 rings (SSSR count). The van der Waals surface area contributed by atoms with E-state index >= 15 is 0 Å². The Morgan fingerprint density at radius 1 is 1.00 bits per heavy atom. The summed E-state index contributed by atoms with van der Waals surface area (Å²) >= 11 is 10.2. The molecule has 1 aliphatic carbocycles. The van der Waals surface area contributed by atoms with Gasteiger partial charge in [0.05, 0.1) is 25.6 Å². The van der Waals surface area contributed by atoms with Crippen LogP contribution in [0.4, 0.5) is 0 Å². The van der Waals surface area contributed by atoms with Crippen LogP contribution in [-0.4, -0.2) is 72.1 Å². The van der Waals surface area contributed by atoms with E-state index in [1.54, 1.807) is 12.1 Å². The molecule has 1 aromatic carbocycles. The van der Waals surface area contributed by atoms with Crippen molar-refractivity contribution in [1.82, 2.24) is 0 Å². The predicted octanol–water partition coefficient (Wildman–Crippen LogP) is 5.42. The molecule has 4 aliphatic rings. The molecule has 3 aliphatic heterocycles. The van der Waals surface area contributed by atoms with Crippen molar-refractivity contribution < 1.29 is 43.2 Å². The van der Waals surface area contributed by atoms with Crippen LogP contribution in [0, 0.1) is 0 Å². The summed E-state index contributed by atoms with van der Waals surface area (Å²) in [7, 11) is 0.